The Labute approximate surface area is 76.6 Å². The van der Waals surface area contributed by atoms with Gasteiger partial charge in [0.15, 0.2) is 0 Å². The van der Waals surface area contributed by atoms with Gasteiger partial charge in [0.05, 0.1) is 19.3 Å². The molecule has 1 N–H and O–H groups in total. The summed E-state index contributed by atoms with van der Waals surface area (Å²) in [5.74, 6) is 0. The zero-order chi connectivity index (χ0) is 8.39. The molecule has 0 aromatic carbocycles. The highest BCUT2D eigenvalue weighted by Gasteiger charge is 2.15. The van der Waals surface area contributed by atoms with Crippen molar-refractivity contribution in [3.63, 3.8) is 0 Å². The molecule has 2 heterocycles. The second-order valence-electron chi connectivity index (χ2n) is 3.07. The fourth-order valence-corrected chi connectivity index (χ4v) is 2.18. The van der Waals surface area contributed by atoms with Crippen LogP contribution in [0.3, 0.4) is 0 Å². The van der Waals surface area contributed by atoms with Gasteiger partial charge >= 0.3 is 0 Å². The first kappa shape index (κ1) is 8.23. The molecule has 1 atom stereocenters. The number of thiophene rings is 1. The van der Waals surface area contributed by atoms with E-state index in [4.69, 9.17) is 4.74 Å². The van der Waals surface area contributed by atoms with Crippen molar-refractivity contribution in [1.29, 1.82) is 0 Å². The van der Waals surface area contributed by atoms with Gasteiger partial charge in [0.25, 0.3) is 0 Å². The number of hydrogen-bond donors (Lipinski definition) is 1. The van der Waals surface area contributed by atoms with Crippen LogP contribution in [0.15, 0.2) is 11.4 Å². The van der Waals surface area contributed by atoms with E-state index in [1.807, 2.05) is 0 Å². The normalized spacial score (nSPS) is 24.2. The molecule has 1 aromatic rings. The topological polar surface area (TPSA) is 21.3 Å². The quantitative estimate of drug-likeness (QED) is 0.715. The van der Waals surface area contributed by atoms with E-state index < -0.39 is 0 Å². The second kappa shape index (κ2) is 3.56. The van der Waals surface area contributed by atoms with Gasteiger partial charge in [0.1, 0.15) is 0 Å². The summed E-state index contributed by atoms with van der Waals surface area (Å²) in [6, 6.07) is 2.65. The predicted molar refractivity (Wildman–Crippen MR) is 50.6 cm³/mol. The molecule has 0 unspecified atom stereocenters. The summed E-state index contributed by atoms with van der Waals surface area (Å²) in [7, 11) is 0. The summed E-state index contributed by atoms with van der Waals surface area (Å²) in [5.41, 5.74) is 1.37. The van der Waals surface area contributed by atoms with E-state index in [0.29, 0.717) is 6.04 Å². The average molecular weight is 183 g/mol. The predicted octanol–water partition coefficient (Wildman–Crippen LogP) is 1.72. The molecular weight excluding hydrogens is 170 g/mol. The molecule has 0 amide bonds. The molecule has 1 aliphatic heterocycles. The molecule has 1 saturated heterocycles. The highest BCUT2D eigenvalue weighted by molar-refractivity contribution is 7.10. The average Bonchev–Trinajstić information content (AvgIpc) is 2.54. The van der Waals surface area contributed by atoms with Crippen molar-refractivity contribution in [3.05, 3.63) is 21.9 Å². The minimum Gasteiger partial charge on any atom is -0.378 e. The Morgan fingerprint density at radius 1 is 1.67 bits per heavy atom. The van der Waals surface area contributed by atoms with Crippen LogP contribution < -0.4 is 5.32 Å². The van der Waals surface area contributed by atoms with Crippen LogP contribution in [0.4, 0.5) is 0 Å². The van der Waals surface area contributed by atoms with E-state index in [1.54, 1.807) is 11.3 Å². The first-order chi connectivity index (χ1) is 5.86. The number of nitrogens with one attached hydrogen (secondary N) is 1. The fourth-order valence-electron chi connectivity index (χ4n) is 1.43. The van der Waals surface area contributed by atoms with Crippen LogP contribution in [0.2, 0.25) is 0 Å². The molecule has 2 nitrogen and oxygen atoms in total. The lowest BCUT2D eigenvalue weighted by Crippen LogP contribution is -2.34. The van der Waals surface area contributed by atoms with Gasteiger partial charge in [-0.25, -0.2) is 0 Å². The summed E-state index contributed by atoms with van der Waals surface area (Å²) in [6.07, 6.45) is 0. The van der Waals surface area contributed by atoms with Crippen LogP contribution >= 0.6 is 11.3 Å². The molecule has 1 aromatic heterocycles. The lowest BCUT2D eigenvalue weighted by molar-refractivity contribution is 0.0770. The summed E-state index contributed by atoms with van der Waals surface area (Å²) < 4.78 is 5.39. The van der Waals surface area contributed by atoms with Gasteiger partial charge in [-0.05, 0) is 23.9 Å². The third-order valence-electron chi connectivity index (χ3n) is 2.07. The zero-order valence-corrected chi connectivity index (χ0v) is 7.99. The molecule has 2 rings (SSSR count). The minimum atomic E-state index is 0.420. The van der Waals surface area contributed by atoms with Crippen molar-refractivity contribution >= 4 is 11.3 Å². The molecule has 1 aliphatic rings. The molecule has 0 aliphatic carbocycles. The Balaban J connectivity index is 2.08. The first-order valence-electron chi connectivity index (χ1n) is 4.22. The van der Waals surface area contributed by atoms with Gasteiger partial charge in [0.2, 0.25) is 0 Å². The Hall–Kier alpha value is -0.380. The highest BCUT2D eigenvalue weighted by atomic mass is 32.1. The van der Waals surface area contributed by atoms with Gasteiger partial charge in [-0.1, -0.05) is 0 Å². The molecule has 66 valence electrons. The van der Waals surface area contributed by atoms with Gasteiger partial charge in [-0.15, -0.1) is 11.3 Å². The number of rotatable bonds is 1. The van der Waals surface area contributed by atoms with Crippen LogP contribution in [0.25, 0.3) is 0 Å². The summed E-state index contributed by atoms with van der Waals surface area (Å²) in [4.78, 5) is 1.37. The Morgan fingerprint density at radius 2 is 2.58 bits per heavy atom. The maximum Gasteiger partial charge on any atom is 0.0662 e. The minimum absolute atomic E-state index is 0.420. The summed E-state index contributed by atoms with van der Waals surface area (Å²) in [5, 5.41) is 5.64. The molecule has 0 spiro atoms. The van der Waals surface area contributed by atoms with Gasteiger partial charge in [-0.2, -0.15) is 0 Å². The Kier molecular flexibility index (Phi) is 2.44. The van der Waals surface area contributed by atoms with E-state index >= 15 is 0 Å². The largest absolute Gasteiger partial charge is 0.378 e. The Bertz CT molecular complexity index is 253. The number of ether oxygens (including phenoxy) is 1. The van der Waals surface area contributed by atoms with E-state index in [2.05, 4.69) is 23.7 Å². The first-order valence-corrected chi connectivity index (χ1v) is 5.10. The van der Waals surface area contributed by atoms with Gasteiger partial charge in [-0.3, -0.25) is 0 Å². The zero-order valence-electron chi connectivity index (χ0n) is 7.17. The highest BCUT2D eigenvalue weighted by Crippen LogP contribution is 2.21. The monoisotopic (exact) mass is 183 g/mol. The number of morpholine rings is 1. The van der Waals surface area contributed by atoms with E-state index in [0.717, 1.165) is 19.8 Å². The second-order valence-corrected chi connectivity index (χ2v) is 4.19. The van der Waals surface area contributed by atoms with Crippen molar-refractivity contribution in [2.45, 2.75) is 13.0 Å². The molecule has 1 fully saturated rings. The lowest BCUT2D eigenvalue weighted by atomic mass is 10.1. The van der Waals surface area contributed by atoms with Crippen molar-refractivity contribution in [1.82, 2.24) is 5.32 Å². The van der Waals surface area contributed by atoms with Crippen LogP contribution in [0, 0.1) is 6.92 Å². The third kappa shape index (κ3) is 1.68. The lowest BCUT2D eigenvalue weighted by Gasteiger charge is -2.22. The van der Waals surface area contributed by atoms with Crippen molar-refractivity contribution in [2.75, 3.05) is 19.8 Å². The Morgan fingerprint density at radius 3 is 3.17 bits per heavy atom. The van der Waals surface area contributed by atoms with Crippen LogP contribution in [-0.2, 0) is 4.74 Å². The number of aryl methyl sites for hydroxylation is 1. The molecular formula is C9H13NOS. The summed E-state index contributed by atoms with van der Waals surface area (Å²) in [6.45, 7) is 4.77. The summed E-state index contributed by atoms with van der Waals surface area (Å²) >= 11 is 1.80. The van der Waals surface area contributed by atoms with E-state index in [1.165, 1.54) is 10.4 Å². The smallest absolute Gasteiger partial charge is 0.0662 e. The SMILES string of the molecule is Cc1cc([C@@H]2COCCN2)cs1. The van der Waals surface area contributed by atoms with Crippen molar-refractivity contribution in [2.24, 2.45) is 0 Å². The molecule has 12 heavy (non-hydrogen) atoms. The van der Waals surface area contributed by atoms with Crippen molar-refractivity contribution < 1.29 is 4.74 Å². The maximum absolute atomic E-state index is 5.39. The van der Waals surface area contributed by atoms with E-state index in [9.17, 15) is 0 Å². The van der Waals surface area contributed by atoms with Crippen LogP contribution in [0.1, 0.15) is 16.5 Å². The van der Waals surface area contributed by atoms with Crippen molar-refractivity contribution in [3.8, 4) is 0 Å². The molecule has 0 bridgehead atoms. The van der Waals surface area contributed by atoms with Gasteiger partial charge < -0.3 is 10.1 Å². The van der Waals surface area contributed by atoms with Crippen LogP contribution in [0.5, 0.6) is 0 Å². The molecule has 3 heteroatoms. The third-order valence-corrected chi connectivity index (χ3v) is 2.95. The standard InChI is InChI=1S/C9H13NOS/c1-7-4-8(6-12-7)9-5-11-3-2-10-9/h4,6,9-10H,2-3,5H2,1H3/t9-/m0/s1. The van der Waals surface area contributed by atoms with E-state index in [-0.39, 0.29) is 0 Å². The van der Waals surface area contributed by atoms with Gasteiger partial charge in [0, 0.05) is 11.4 Å². The number of hydrogen-bond acceptors (Lipinski definition) is 3. The maximum atomic E-state index is 5.39. The molecule has 0 radical (unpaired) electrons. The fraction of sp³-hybridized carbons (Fsp3) is 0.556. The van der Waals surface area contributed by atoms with Crippen LogP contribution in [-0.4, -0.2) is 19.8 Å². The molecule has 0 saturated carbocycles.